The summed E-state index contributed by atoms with van der Waals surface area (Å²) in [7, 11) is 0. The minimum atomic E-state index is -5.33. The highest BCUT2D eigenvalue weighted by molar-refractivity contribution is 6.13. The Kier molecular flexibility index (Phi) is 11.8. The molecular formula is C59H41F6N15. The minimum Gasteiger partial charge on any atom is -0.309 e. The topological polar surface area (TPSA) is 188 Å². The average molecular weight is 1070 g/mol. The van der Waals surface area contributed by atoms with E-state index in [2.05, 4.69) is 65.9 Å². The fourth-order valence-electron chi connectivity index (χ4n) is 10.5. The molecule has 0 fully saturated rings. The lowest BCUT2D eigenvalue weighted by molar-refractivity contribution is -0.142. The number of nitrogens with zero attached hydrogens (tertiary/aromatic N) is 15. The zero-order valence-electron chi connectivity index (χ0n) is 43.8. The zero-order valence-corrected chi connectivity index (χ0v) is 43.8. The second-order valence-electron chi connectivity index (χ2n) is 19.4. The maximum absolute atomic E-state index is 15.9. The molecule has 0 aliphatic rings. The van der Waals surface area contributed by atoms with Crippen molar-refractivity contribution >= 4 is 43.6 Å². The summed E-state index contributed by atoms with van der Waals surface area (Å²) >= 11 is 0. The Morgan fingerprint density at radius 2 is 0.675 bits per heavy atom. The normalized spacial score (nSPS) is 12.1. The Morgan fingerprint density at radius 3 is 0.975 bits per heavy atom. The largest absolute Gasteiger partial charge is 0.417 e. The van der Waals surface area contributed by atoms with E-state index in [1.54, 1.807) is 76.7 Å². The van der Waals surface area contributed by atoms with Gasteiger partial charge in [-0.05, 0) is 109 Å². The van der Waals surface area contributed by atoms with E-state index < -0.39 is 29.0 Å². The molecule has 6 aromatic heterocycles. The van der Waals surface area contributed by atoms with Crippen molar-refractivity contribution in [1.82, 2.24) is 68.9 Å². The lowest BCUT2D eigenvalue weighted by atomic mass is 9.93. The molecule has 0 aliphatic heterocycles. The van der Waals surface area contributed by atoms with Crippen LogP contribution in [0.4, 0.5) is 26.3 Å². The minimum absolute atomic E-state index is 0.0188. The highest BCUT2D eigenvalue weighted by Gasteiger charge is 2.39. The summed E-state index contributed by atoms with van der Waals surface area (Å²) in [4.78, 5) is 54.4. The molecule has 0 unspecified atom stereocenters. The predicted molar refractivity (Wildman–Crippen MR) is 288 cm³/mol. The van der Waals surface area contributed by atoms with E-state index in [0.29, 0.717) is 142 Å². The Balaban J connectivity index is 1.25. The number of hydrogen-bond acceptors (Lipinski definition) is 13. The SMILES string of the molecule is Cc1nc(C)nc(-c2ccc3c4ccc(-c5nc(C)nc(C)n5)cc4n(-c4cc(-c5ccc(C(F)(F)F)cc5C(F)(F)F)c(-n5c6cc(-c7nc(C)nc(C)n7)ccc6c6ccc(-c7nc(C)nc(C)n7)cc65)cc4C#N)c3c2)n1. The molecule has 80 heavy (non-hydrogen) atoms. The van der Waals surface area contributed by atoms with Gasteiger partial charge in [-0.25, -0.2) is 59.8 Å². The summed E-state index contributed by atoms with van der Waals surface area (Å²) in [5, 5.41) is 14.2. The number of rotatable bonds is 7. The van der Waals surface area contributed by atoms with E-state index >= 15 is 13.2 Å². The Labute approximate surface area is 450 Å². The third kappa shape index (κ3) is 8.93. The van der Waals surface area contributed by atoms with Gasteiger partial charge < -0.3 is 9.13 Å². The summed E-state index contributed by atoms with van der Waals surface area (Å²) < 4.78 is 94.7. The molecule has 12 rings (SSSR count). The fraction of sp³-hybridized carbons (Fsp3) is 0.169. The first-order valence-electron chi connectivity index (χ1n) is 24.9. The van der Waals surface area contributed by atoms with Crippen molar-refractivity contribution in [3.05, 3.63) is 166 Å². The molecule has 0 radical (unpaired) electrons. The van der Waals surface area contributed by atoms with E-state index in [-0.39, 0.29) is 28.6 Å². The second kappa shape index (κ2) is 18.6. The van der Waals surface area contributed by atoms with Crippen LogP contribution in [-0.4, -0.2) is 68.9 Å². The molecule has 0 saturated heterocycles. The van der Waals surface area contributed by atoms with E-state index in [4.69, 9.17) is 0 Å². The smallest absolute Gasteiger partial charge is 0.309 e. The second-order valence-corrected chi connectivity index (χ2v) is 19.4. The molecule has 12 aromatic rings. The first-order chi connectivity index (χ1) is 38.1. The number of halogens is 6. The number of fused-ring (bicyclic) bond motifs is 6. The van der Waals surface area contributed by atoms with Gasteiger partial charge in [0.1, 0.15) is 52.7 Å². The van der Waals surface area contributed by atoms with Crippen LogP contribution in [0, 0.1) is 66.7 Å². The van der Waals surface area contributed by atoms with Crippen LogP contribution in [0.2, 0.25) is 0 Å². The maximum atomic E-state index is 15.9. The molecule has 0 spiro atoms. The van der Waals surface area contributed by atoms with Crippen molar-refractivity contribution in [1.29, 1.82) is 5.26 Å². The number of alkyl halides is 6. The van der Waals surface area contributed by atoms with E-state index in [0.717, 1.165) is 6.07 Å². The van der Waals surface area contributed by atoms with Crippen molar-refractivity contribution in [2.24, 2.45) is 0 Å². The molecular weight excluding hydrogens is 1030 g/mol. The van der Waals surface area contributed by atoms with Gasteiger partial charge >= 0.3 is 12.4 Å². The van der Waals surface area contributed by atoms with Crippen LogP contribution in [-0.2, 0) is 12.4 Å². The Hall–Kier alpha value is -9.97. The van der Waals surface area contributed by atoms with Crippen molar-refractivity contribution in [2.45, 2.75) is 67.7 Å². The zero-order chi connectivity index (χ0) is 56.3. The summed E-state index contributed by atoms with van der Waals surface area (Å²) in [5.41, 5.74) is 0.245. The van der Waals surface area contributed by atoms with Crippen molar-refractivity contribution in [3.8, 4) is 74.1 Å². The van der Waals surface area contributed by atoms with Gasteiger partial charge in [-0.3, -0.25) is 0 Å². The molecule has 0 aliphatic carbocycles. The molecule has 0 amide bonds. The number of nitriles is 1. The highest BCUT2D eigenvalue weighted by atomic mass is 19.4. The van der Waals surface area contributed by atoms with Crippen LogP contribution >= 0.6 is 0 Å². The standard InChI is InChI=1S/C59H41F6N15/c1-27-67-28(2)72-54(71-27)35-9-14-42-43-15-10-36(55-73-29(3)68-30(4)74-55)20-50(43)79(49(42)19-35)48-25-46(41-18-13-40(58(60,61)62)24-47(41)59(63,64)65)53(23-39(48)26-66)80-51-21-37(56-75-31(5)69-32(6)76-56)11-16-44(51)45-17-12-38(22-52(45)80)57-77-33(7)70-34(8)78-57/h9-25H,1-8H3. The summed E-state index contributed by atoms with van der Waals surface area (Å²) in [5.74, 6) is 4.96. The molecule has 394 valence electrons. The third-order valence-corrected chi connectivity index (χ3v) is 13.7. The average Bonchev–Trinajstić information content (AvgIpc) is 4.12. The molecule has 15 nitrogen and oxygen atoms in total. The van der Waals surface area contributed by atoms with Crippen molar-refractivity contribution in [3.63, 3.8) is 0 Å². The third-order valence-electron chi connectivity index (χ3n) is 13.7. The Bertz CT molecular complexity index is 4350. The summed E-state index contributed by atoms with van der Waals surface area (Å²) in [6.07, 6.45) is -10.5. The Morgan fingerprint density at radius 1 is 0.350 bits per heavy atom. The predicted octanol–water partition coefficient (Wildman–Crippen LogP) is 13.3. The van der Waals surface area contributed by atoms with Gasteiger partial charge in [0.2, 0.25) is 0 Å². The number of aryl methyl sites for hydroxylation is 8. The summed E-state index contributed by atoms with van der Waals surface area (Å²) in [6, 6.07) is 28.8. The summed E-state index contributed by atoms with van der Waals surface area (Å²) in [6.45, 7) is 13.8. The van der Waals surface area contributed by atoms with Crippen LogP contribution < -0.4 is 0 Å². The van der Waals surface area contributed by atoms with Gasteiger partial charge in [-0.2, -0.15) is 31.6 Å². The quantitative estimate of drug-likeness (QED) is 0.137. The van der Waals surface area contributed by atoms with Crippen LogP contribution in [0.1, 0.15) is 63.3 Å². The molecule has 0 saturated carbocycles. The lowest BCUT2D eigenvalue weighted by Crippen LogP contribution is -2.13. The molecule has 0 atom stereocenters. The van der Waals surface area contributed by atoms with Gasteiger partial charge in [0, 0.05) is 49.4 Å². The maximum Gasteiger partial charge on any atom is 0.417 e. The van der Waals surface area contributed by atoms with Crippen LogP contribution in [0.3, 0.4) is 0 Å². The molecule has 21 heteroatoms. The first-order valence-corrected chi connectivity index (χ1v) is 24.9. The van der Waals surface area contributed by atoms with Crippen LogP contribution in [0.5, 0.6) is 0 Å². The van der Waals surface area contributed by atoms with E-state index in [1.165, 1.54) is 12.1 Å². The first kappa shape index (κ1) is 50.8. The molecule has 6 heterocycles. The van der Waals surface area contributed by atoms with E-state index in [9.17, 15) is 18.4 Å². The van der Waals surface area contributed by atoms with Crippen LogP contribution in [0.25, 0.3) is 112 Å². The van der Waals surface area contributed by atoms with Gasteiger partial charge in [0.15, 0.2) is 23.3 Å². The molecule has 0 bridgehead atoms. The monoisotopic (exact) mass is 1070 g/mol. The number of hydrogen-bond donors (Lipinski definition) is 0. The molecule has 0 N–H and O–H groups in total. The number of aromatic nitrogens is 14. The number of benzene rings is 6. The van der Waals surface area contributed by atoms with E-state index in [1.807, 2.05) is 60.7 Å². The molecule has 6 aromatic carbocycles. The lowest BCUT2D eigenvalue weighted by Gasteiger charge is -2.22. The fourth-order valence-corrected chi connectivity index (χ4v) is 10.5. The van der Waals surface area contributed by atoms with Gasteiger partial charge in [0.25, 0.3) is 0 Å². The highest BCUT2D eigenvalue weighted by Crippen LogP contribution is 2.47. The van der Waals surface area contributed by atoms with Crippen molar-refractivity contribution in [2.75, 3.05) is 0 Å². The van der Waals surface area contributed by atoms with Gasteiger partial charge in [-0.15, -0.1) is 0 Å². The van der Waals surface area contributed by atoms with Gasteiger partial charge in [0.05, 0.1) is 50.1 Å². The van der Waals surface area contributed by atoms with Crippen molar-refractivity contribution < 1.29 is 26.3 Å². The van der Waals surface area contributed by atoms with Crippen LogP contribution in [0.15, 0.2) is 103 Å². The van der Waals surface area contributed by atoms with Gasteiger partial charge in [-0.1, -0.05) is 54.6 Å².